The highest BCUT2D eigenvalue weighted by Crippen LogP contribution is 2.41. The van der Waals surface area contributed by atoms with Gasteiger partial charge in [0.05, 0.1) is 21.9 Å². The van der Waals surface area contributed by atoms with E-state index in [9.17, 15) is 20.0 Å². The summed E-state index contributed by atoms with van der Waals surface area (Å²) < 4.78 is 0. The predicted octanol–water partition coefficient (Wildman–Crippen LogP) is 3.23. The topological polar surface area (TPSA) is 93.3 Å². The number of nitro benzene ring substituents is 1. The lowest BCUT2D eigenvalue weighted by Crippen LogP contribution is -2.04. The third kappa shape index (κ3) is 2.60. The average Bonchev–Trinajstić information content (AvgIpc) is 3.31. The van der Waals surface area contributed by atoms with Gasteiger partial charge in [0, 0.05) is 23.6 Å². The molecule has 21 heavy (non-hydrogen) atoms. The number of non-ortho nitro benzene ring substituents is 1. The molecule has 3 rings (SSSR count). The average molecular weight is 284 g/mol. The summed E-state index contributed by atoms with van der Waals surface area (Å²) in [5.41, 5.74) is 2.24. The molecule has 6 heteroatoms. The van der Waals surface area contributed by atoms with E-state index in [1.807, 2.05) is 0 Å². The largest absolute Gasteiger partial charge is 0.478 e. The Morgan fingerprint density at radius 2 is 1.86 bits per heavy atom. The van der Waals surface area contributed by atoms with Crippen LogP contribution in [0.3, 0.4) is 0 Å². The molecule has 1 aliphatic rings. The van der Waals surface area contributed by atoms with Crippen LogP contribution in [0, 0.1) is 10.1 Å². The maximum absolute atomic E-state index is 11.2. The zero-order chi connectivity index (χ0) is 15.0. The van der Waals surface area contributed by atoms with Crippen molar-refractivity contribution >= 4 is 11.7 Å². The summed E-state index contributed by atoms with van der Waals surface area (Å²) in [6, 6.07) is 9.27. The molecule has 1 aliphatic carbocycles. The van der Waals surface area contributed by atoms with Gasteiger partial charge in [-0.05, 0) is 37.1 Å². The number of pyridine rings is 1. The van der Waals surface area contributed by atoms with E-state index >= 15 is 0 Å². The highest BCUT2D eigenvalue weighted by molar-refractivity contribution is 5.89. The van der Waals surface area contributed by atoms with E-state index < -0.39 is 10.9 Å². The van der Waals surface area contributed by atoms with Gasteiger partial charge in [-0.3, -0.25) is 15.1 Å². The van der Waals surface area contributed by atoms with Crippen molar-refractivity contribution in [3.8, 4) is 11.3 Å². The van der Waals surface area contributed by atoms with Gasteiger partial charge in [-0.2, -0.15) is 0 Å². The highest BCUT2D eigenvalue weighted by Gasteiger charge is 2.30. The number of hydrogen-bond donors (Lipinski definition) is 1. The third-order valence-electron chi connectivity index (χ3n) is 3.49. The van der Waals surface area contributed by atoms with Crippen LogP contribution in [0.15, 0.2) is 36.4 Å². The normalized spacial score (nSPS) is 13.9. The van der Waals surface area contributed by atoms with Gasteiger partial charge in [0.1, 0.15) is 0 Å². The summed E-state index contributed by atoms with van der Waals surface area (Å²) in [5, 5.41) is 19.8. The fourth-order valence-electron chi connectivity index (χ4n) is 2.24. The lowest BCUT2D eigenvalue weighted by atomic mass is 10.1. The molecule has 0 spiro atoms. The highest BCUT2D eigenvalue weighted by atomic mass is 16.6. The molecule has 6 nitrogen and oxygen atoms in total. The monoisotopic (exact) mass is 284 g/mol. The Morgan fingerprint density at radius 3 is 2.38 bits per heavy atom. The van der Waals surface area contributed by atoms with Gasteiger partial charge in [-0.15, -0.1) is 0 Å². The van der Waals surface area contributed by atoms with Gasteiger partial charge in [0.2, 0.25) is 0 Å². The smallest absolute Gasteiger partial charge is 0.337 e. The van der Waals surface area contributed by atoms with Crippen molar-refractivity contribution in [1.29, 1.82) is 0 Å². The quantitative estimate of drug-likeness (QED) is 0.687. The SMILES string of the molecule is O=C(O)c1ccc(-c2ccc([N+](=O)[O-])cc2)nc1C1CC1. The van der Waals surface area contributed by atoms with Crippen molar-refractivity contribution in [2.75, 3.05) is 0 Å². The predicted molar refractivity (Wildman–Crippen MR) is 75.3 cm³/mol. The molecular formula is C15H12N2O4. The second kappa shape index (κ2) is 4.97. The minimum atomic E-state index is -0.973. The molecule has 1 heterocycles. The van der Waals surface area contributed by atoms with Crippen molar-refractivity contribution < 1.29 is 14.8 Å². The Kier molecular flexibility index (Phi) is 3.13. The Bertz CT molecular complexity index is 721. The fourth-order valence-corrected chi connectivity index (χ4v) is 2.24. The van der Waals surface area contributed by atoms with Crippen LogP contribution in [-0.2, 0) is 0 Å². The molecular weight excluding hydrogens is 272 g/mol. The zero-order valence-electron chi connectivity index (χ0n) is 11.0. The van der Waals surface area contributed by atoms with Crippen molar-refractivity contribution in [2.45, 2.75) is 18.8 Å². The van der Waals surface area contributed by atoms with Crippen molar-refractivity contribution in [3.63, 3.8) is 0 Å². The molecule has 1 N–H and O–H groups in total. The van der Waals surface area contributed by atoms with Crippen molar-refractivity contribution in [1.82, 2.24) is 4.98 Å². The van der Waals surface area contributed by atoms with Crippen LogP contribution < -0.4 is 0 Å². The number of carboxylic acids is 1. The zero-order valence-corrected chi connectivity index (χ0v) is 11.0. The van der Waals surface area contributed by atoms with Crippen molar-refractivity contribution in [2.24, 2.45) is 0 Å². The van der Waals surface area contributed by atoms with Gasteiger partial charge >= 0.3 is 5.97 Å². The number of rotatable bonds is 4. The van der Waals surface area contributed by atoms with Crippen molar-refractivity contribution in [3.05, 3.63) is 57.8 Å². The number of nitro groups is 1. The number of carbonyl (C=O) groups is 1. The van der Waals surface area contributed by atoms with Gasteiger partial charge in [-0.25, -0.2) is 4.79 Å². The summed E-state index contributed by atoms with van der Waals surface area (Å²) in [7, 11) is 0. The number of aromatic nitrogens is 1. The number of benzene rings is 1. The van der Waals surface area contributed by atoms with Gasteiger partial charge in [0.25, 0.3) is 5.69 Å². The van der Waals surface area contributed by atoms with E-state index in [0.717, 1.165) is 18.4 Å². The van der Waals surface area contributed by atoms with Crippen LogP contribution in [0.5, 0.6) is 0 Å². The molecule has 1 saturated carbocycles. The first kappa shape index (κ1) is 13.2. The summed E-state index contributed by atoms with van der Waals surface area (Å²) in [4.78, 5) is 25.8. The molecule has 1 aromatic carbocycles. The van der Waals surface area contributed by atoms with Gasteiger partial charge in [0.15, 0.2) is 0 Å². The van der Waals surface area contributed by atoms with Crippen LogP contribution in [0.4, 0.5) is 5.69 Å². The minimum absolute atomic E-state index is 0.0170. The Balaban J connectivity index is 2.00. The molecule has 0 amide bonds. The van der Waals surface area contributed by atoms with Crippen LogP contribution in [0.25, 0.3) is 11.3 Å². The van der Waals surface area contributed by atoms with Crippen LogP contribution in [0.2, 0.25) is 0 Å². The van der Waals surface area contributed by atoms with Crippen LogP contribution in [0.1, 0.15) is 34.8 Å². The first-order valence-electron chi connectivity index (χ1n) is 6.55. The molecule has 0 bridgehead atoms. The lowest BCUT2D eigenvalue weighted by molar-refractivity contribution is -0.384. The van der Waals surface area contributed by atoms with E-state index in [1.165, 1.54) is 12.1 Å². The van der Waals surface area contributed by atoms with E-state index in [1.54, 1.807) is 24.3 Å². The molecule has 1 aromatic heterocycles. The lowest BCUT2D eigenvalue weighted by Gasteiger charge is -2.07. The molecule has 0 radical (unpaired) electrons. The second-order valence-electron chi connectivity index (χ2n) is 5.01. The fraction of sp³-hybridized carbons (Fsp3) is 0.200. The van der Waals surface area contributed by atoms with E-state index in [2.05, 4.69) is 4.98 Å². The Hall–Kier alpha value is -2.76. The summed E-state index contributed by atoms with van der Waals surface area (Å²) in [5.74, 6) is -0.756. The van der Waals surface area contributed by atoms with E-state index in [-0.39, 0.29) is 17.2 Å². The second-order valence-corrected chi connectivity index (χ2v) is 5.01. The number of hydrogen-bond acceptors (Lipinski definition) is 4. The first-order chi connectivity index (χ1) is 10.1. The number of aromatic carboxylic acids is 1. The molecule has 0 unspecified atom stereocenters. The van der Waals surface area contributed by atoms with Crippen LogP contribution in [-0.4, -0.2) is 21.0 Å². The number of nitrogens with zero attached hydrogens (tertiary/aromatic N) is 2. The van der Waals surface area contributed by atoms with Gasteiger partial charge in [-0.1, -0.05) is 0 Å². The van der Waals surface area contributed by atoms with E-state index in [0.29, 0.717) is 11.4 Å². The molecule has 106 valence electrons. The van der Waals surface area contributed by atoms with E-state index in [4.69, 9.17) is 0 Å². The first-order valence-corrected chi connectivity index (χ1v) is 6.55. The molecule has 0 aliphatic heterocycles. The van der Waals surface area contributed by atoms with Crippen LogP contribution >= 0.6 is 0 Å². The summed E-state index contributed by atoms with van der Waals surface area (Å²) >= 11 is 0. The third-order valence-corrected chi connectivity index (χ3v) is 3.49. The maximum atomic E-state index is 11.2. The minimum Gasteiger partial charge on any atom is -0.478 e. The summed E-state index contributed by atoms with van der Waals surface area (Å²) in [6.45, 7) is 0. The Morgan fingerprint density at radius 1 is 1.19 bits per heavy atom. The molecule has 0 atom stereocenters. The molecule has 1 fully saturated rings. The van der Waals surface area contributed by atoms with Gasteiger partial charge < -0.3 is 5.11 Å². The molecule has 0 saturated heterocycles. The summed E-state index contributed by atoms with van der Waals surface area (Å²) in [6.07, 6.45) is 1.91. The maximum Gasteiger partial charge on any atom is 0.337 e. The number of carboxylic acid groups (broad SMARTS) is 1. The molecule has 2 aromatic rings. The standard InChI is InChI=1S/C15H12N2O4/c18-15(19)12-7-8-13(16-14(12)10-1-2-10)9-3-5-11(6-4-9)17(20)21/h3-8,10H,1-2H2,(H,18,19). The Labute approximate surface area is 120 Å².